The predicted molar refractivity (Wildman–Crippen MR) is 86.0 cm³/mol. The molecule has 0 aliphatic heterocycles. The highest BCUT2D eigenvalue weighted by Gasteiger charge is 1.99. The van der Waals surface area contributed by atoms with E-state index in [2.05, 4.69) is 5.92 Å². The number of hydrogen-bond donors (Lipinski definition) is 0. The Bertz CT molecular complexity index is 727. The van der Waals surface area contributed by atoms with Gasteiger partial charge in [-0.05, 0) is 41.5 Å². The second-order valence-corrected chi connectivity index (χ2v) is 4.63. The number of ether oxygens (including phenoxy) is 2. The van der Waals surface area contributed by atoms with E-state index in [1.54, 1.807) is 30.3 Å². The van der Waals surface area contributed by atoms with E-state index in [4.69, 9.17) is 15.9 Å². The van der Waals surface area contributed by atoms with Crippen LogP contribution in [-0.2, 0) is 16.1 Å². The molecule has 0 N–H and O–H groups in total. The zero-order valence-electron chi connectivity index (χ0n) is 12.4. The summed E-state index contributed by atoms with van der Waals surface area (Å²) in [5.41, 5.74) is 1.66. The van der Waals surface area contributed by atoms with Crippen molar-refractivity contribution in [2.75, 3.05) is 6.61 Å². The average molecular weight is 310 g/mol. The van der Waals surface area contributed by atoms with Crippen molar-refractivity contribution in [2.45, 2.75) is 6.61 Å². The van der Waals surface area contributed by atoms with Crippen molar-refractivity contribution < 1.29 is 18.7 Å². The van der Waals surface area contributed by atoms with E-state index in [0.29, 0.717) is 12.4 Å². The SMILES string of the molecule is C#CCOC(=O)/C=C/c1cccc(OCc2ccc(F)cc2)c1. The number of benzene rings is 2. The van der Waals surface area contributed by atoms with Gasteiger partial charge in [0.05, 0.1) is 0 Å². The number of carbonyl (C=O) groups excluding carboxylic acids is 1. The van der Waals surface area contributed by atoms with Crippen LogP contribution in [0.3, 0.4) is 0 Å². The Morgan fingerprint density at radius 3 is 2.74 bits per heavy atom. The minimum atomic E-state index is -0.499. The first-order valence-corrected chi connectivity index (χ1v) is 6.93. The number of esters is 1. The van der Waals surface area contributed by atoms with Crippen LogP contribution in [0, 0.1) is 18.2 Å². The molecule has 0 radical (unpaired) electrons. The maximum Gasteiger partial charge on any atom is 0.331 e. The molecule has 0 saturated heterocycles. The number of hydrogen-bond acceptors (Lipinski definition) is 3. The molecular weight excluding hydrogens is 295 g/mol. The molecule has 0 aromatic heterocycles. The molecule has 2 aromatic rings. The van der Waals surface area contributed by atoms with Crippen molar-refractivity contribution in [3.05, 3.63) is 71.6 Å². The van der Waals surface area contributed by atoms with Crippen LogP contribution in [0.2, 0.25) is 0 Å². The van der Waals surface area contributed by atoms with Crippen molar-refractivity contribution in [1.29, 1.82) is 0 Å². The lowest BCUT2D eigenvalue weighted by atomic mass is 10.2. The van der Waals surface area contributed by atoms with Gasteiger partial charge in [0.2, 0.25) is 0 Å². The van der Waals surface area contributed by atoms with E-state index in [9.17, 15) is 9.18 Å². The van der Waals surface area contributed by atoms with Crippen LogP contribution in [0.4, 0.5) is 4.39 Å². The molecule has 23 heavy (non-hydrogen) atoms. The molecule has 0 spiro atoms. The van der Waals surface area contributed by atoms with E-state index in [1.165, 1.54) is 18.2 Å². The fraction of sp³-hybridized carbons (Fsp3) is 0.105. The molecule has 0 saturated carbocycles. The van der Waals surface area contributed by atoms with E-state index in [1.807, 2.05) is 12.1 Å². The Balaban J connectivity index is 1.94. The summed E-state index contributed by atoms with van der Waals surface area (Å²) in [4.78, 5) is 11.3. The van der Waals surface area contributed by atoms with E-state index in [0.717, 1.165) is 11.1 Å². The smallest absolute Gasteiger partial charge is 0.331 e. The Kier molecular flexibility index (Phi) is 5.96. The van der Waals surface area contributed by atoms with Crippen molar-refractivity contribution >= 4 is 12.0 Å². The molecule has 2 rings (SSSR count). The number of carbonyl (C=O) groups is 1. The molecule has 0 bridgehead atoms. The van der Waals surface area contributed by atoms with Gasteiger partial charge in [-0.2, -0.15) is 0 Å². The zero-order valence-corrected chi connectivity index (χ0v) is 12.4. The molecule has 0 aliphatic rings. The maximum atomic E-state index is 12.8. The zero-order chi connectivity index (χ0) is 16.5. The highest BCUT2D eigenvalue weighted by molar-refractivity contribution is 5.87. The summed E-state index contributed by atoms with van der Waals surface area (Å²) < 4.78 is 23.2. The van der Waals surface area contributed by atoms with Gasteiger partial charge in [-0.3, -0.25) is 0 Å². The first kappa shape index (κ1) is 16.3. The van der Waals surface area contributed by atoms with Crippen LogP contribution in [-0.4, -0.2) is 12.6 Å². The Labute approximate surface area is 134 Å². The normalized spacial score (nSPS) is 10.3. The molecule has 0 atom stereocenters. The van der Waals surface area contributed by atoms with E-state index in [-0.39, 0.29) is 12.4 Å². The van der Waals surface area contributed by atoms with Crippen LogP contribution >= 0.6 is 0 Å². The van der Waals surface area contributed by atoms with Crippen LogP contribution in [0.15, 0.2) is 54.6 Å². The summed E-state index contributed by atoms with van der Waals surface area (Å²) in [6.45, 7) is 0.279. The van der Waals surface area contributed by atoms with Gasteiger partial charge in [-0.15, -0.1) is 6.42 Å². The van der Waals surface area contributed by atoms with Crippen LogP contribution in [0.5, 0.6) is 5.75 Å². The number of terminal acetylenes is 1. The summed E-state index contributed by atoms with van der Waals surface area (Å²) in [6.07, 6.45) is 7.92. The van der Waals surface area contributed by atoms with Gasteiger partial charge in [-0.1, -0.05) is 30.2 Å². The molecule has 4 heteroatoms. The lowest BCUT2D eigenvalue weighted by molar-refractivity contribution is -0.136. The lowest BCUT2D eigenvalue weighted by Gasteiger charge is -2.07. The van der Waals surface area contributed by atoms with Gasteiger partial charge in [0, 0.05) is 6.08 Å². The number of rotatable bonds is 6. The summed E-state index contributed by atoms with van der Waals surface area (Å²) in [7, 11) is 0. The fourth-order valence-electron chi connectivity index (χ4n) is 1.78. The fourth-order valence-corrected chi connectivity index (χ4v) is 1.78. The van der Waals surface area contributed by atoms with E-state index >= 15 is 0 Å². The van der Waals surface area contributed by atoms with E-state index < -0.39 is 5.97 Å². The molecule has 116 valence electrons. The molecule has 0 aliphatic carbocycles. The maximum absolute atomic E-state index is 12.8. The van der Waals surface area contributed by atoms with Crippen molar-refractivity contribution in [2.24, 2.45) is 0 Å². The van der Waals surface area contributed by atoms with Gasteiger partial charge < -0.3 is 9.47 Å². The Morgan fingerprint density at radius 1 is 1.22 bits per heavy atom. The summed E-state index contributed by atoms with van der Waals surface area (Å²) in [5, 5.41) is 0. The molecular formula is C19H15FO3. The summed E-state index contributed by atoms with van der Waals surface area (Å²) in [6, 6.07) is 13.3. The Hall–Kier alpha value is -3.06. The predicted octanol–water partition coefficient (Wildman–Crippen LogP) is 3.59. The second kappa shape index (κ2) is 8.40. The third-order valence-electron chi connectivity index (χ3n) is 2.89. The minimum Gasteiger partial charge on any atom is -0.489 e. The largest absolute Gasteiger partial charge is 0.489 e. The molecule has 0 heterocycles. The monoisotopic (exact) mass is 310 g/mol. The Morgan fingerprint density at radius 2 is 2.00 bits per heavy atom. The van der Waals surface area contributed by atoms with Crippen LogP contribution < -0.4 is 4.74 Å². The molecule has 0 unspecified atom stereocenters. The lowest BCUT2D eigenvalue weighted by Crippen LogP contribution is -1.99. The minimum absolute atomic E-state index is 0.0516. The third-order valence-corrected chi connectivity index (χ3v) is 2.89. The molecule has 2 aromatic carbocycles. The van der Waals surface area contributed by atoms with Gasteiger partial charge in [-0.25, -0.2) is 9.18 Å². The third kappa shape index (κ3) is 5.68. The first-order chi connectivity index (χ1) is 11.2. The summed E-state index contributed by atoms with van der Waals surface area (Å²) in [5.74, 6) is 2.09. The molecule has 0 fully saturated rings. The highest BCUT2D eigenvalue weighted by atomic mass is 19.1. The first-order valence-electron chi connectivity index (χ1n) is 6.93. The van der Waals surface area contributed by atoms with Gasteiger partial charge >= 0.3 is 5.97 Å². The van der Waals surface area contributed by atoms with Crippen molar-refractivity contribution in [1.82, 2.24) is 0 Å². The van der Waals surface area contributed by atoms with Gasteiger partial charge in [0.15, 0.2) is 6.61 Å². The van der Waals surface area contributed by atoms with Crippen LogP contribution in [0.1, 0.15) is 11.1 Å². The summed E-state index contributed by atoms with van der Waals surface area (Å²) >= 11 is 0. The highest BCUT2D eigenvalue weighted by Crippen LogP contribution is 2.16. The molecule has 0 amide bonds. The average Bonchev–Trinajstić information content (AvgIpc) is 2.58. The van der Waals surface area contributed by atoms with Crippen molar-refractivity contribution in [3.63, 3.8) is 0 Å². The van der Waals surface area contributed by atoms with Gasteiger partial charge in [0.1, 0.15) is 18.2 Å². The second-order valence-electron chi connectivity index (χ2n) is 4.63. The van der Waals surface area contributed by atoms with Crippen LogP contribution in [0.25, 0.3) is 6.08 Å². The quantitative estimate of drug-likeness (QED) is 0.465. The topological polar surface area (TPSA) is 35.5 Å². The number of halogens is 1. The molecule has 3 nitrogen and oxygen atoms in total. The standard InChI is InChI=1S/C19H15FO3/c1-2-12-22-19(21)11-8-15-4-3-5-18(13-15)23-14-16-6-9-17(20)10-7-16/h1,3-11,13H,12,14H2/b11-8+. The van der Waals surface area contributed by atoms with Crippen molar-refractivity contribution in [3.8, 4) is 18.1 Å². The van der Waals surface area contributed by atoms with Gasteiger partial charge in [0.25, 0.3) is 0 Å².